The summed E-state index contributed by atoms with van der Waals surface area (Å²) >= 11 is 3.32. The van der Waals surface area contributed by atoms with Gasteiger partial charge in [-0.2, -0.15) is 0 Å². The first-order valence-electron chi connectivity index (χ1n) is 10.1. The van der Waals surface area contributed by atoms with E-state index in [1.165, 1.54) is 0 Å². The number of Topliss-reactive ketones (excluding diaryl/α,β-unsaturated/α-hetero) is 1. The zero-order valence-corrected chi connectivity index (χ0v) is 18.9. The van der Waals surface area contributed by atoms with Crippen molar-refractivity contribution in [3.63, 3.8) is 0 Å². The van der Waals surface area contributed by atoms with E-state index in [9.17, 15) is 14.4 Å². The molecule has 1 N–H and O–H groups in total. The Morgan fingerprint density at radius 2 is 1.80 bits per heavy atom. The van der Waals surface area contributed by atoms with Gasteiger partial charge in [0.2, 0.25) is 11.8 Å². The van der Waals surface area contributed by atoms with Crippen molar-refractivity contribution in [1.82, 2.24) is 9.88 Å². The first-order valence-corrected chi connectivity index (χ1v) is 10.9. The topological polar surface area (TPSA) is 79.4 Å². The normalized spacial score (nSPS) is 14.4. The average Bonchev–Trinajstić information content (AvgIpc) is 2.75. The number of halogens is 1. The molecule has 1 aliphatic heterocycles. The summed E-state index contributed by atoms with van der Waals surface area (Å²) in [4.78, 5) is 43.3. The van der Waals surface area contributed by atoms with Crippen LogP contribution < -0.4 is 5.32 Å². The van der Waals surface area contributed by atoms with E-state index in [0.717, 1.165) is 15.6 Å². The van der Waals surface area contributed by atoms with E-state index in [1.807, 2.05) is 38.1 Å². The highest BCUT2D eigenvalue weighted by atomic mass is 79.9. The molecular formula is C23H26BrN3O3. The highest BCUT2D eigenvalue weighted by molar-refractivity contribution is 9.10. The van der Waals surface area contributed by atoms with Crippen LogP contribution in [0.3, 0.4) is 0 Å². The van der Waals surface area contributed by atoms with Crippen LogP contribution >= 0.6 is 15.9 Å². The lowest BCUT2D eigenvalue weighted by atomic mass is 9.95. The number of benzene rings is 1. The zero-order chi connectivity index (χ0) is 21.7. The van der Waals surface area contributed by atoms with E-state index in [0.29, 0.717) is 37.3 Å². The molecule has 1 aliphatic rings. The fourth-order valence-corrected chi connectivity index (χ4v) is 3.74. The summed E-state index contributed by atoms with van der Waals surface area (Å²) in [6, 6.07) is 9.20. The van der Waals surface area contributed by atoms with Crippen LogP contribution in [0.5, 0.6) is 0 Å². The Morgan fingerprint density at radius 3 is 2.43 bits per heavy atom. The standard InChI is InChI=1S/C23H26BrN3O3/c1-15-3-4-18(13-16(15)2)20(28)6-8-22(29)27-11-9-17(10-12-27)23(30)26-21-7-5-19(24)14-25-21/h3-5,7,13-14,17H,6,8-12H2,1-2H3,(H,25,26,30). The van der Waals surface area contributed by atoms with Crippen LogP contribution in [-0.2, 0) is 9.59 Å². The number of ketones is 1. The maximum absolute atomic E-state index is 12.5. The highest BCUT2D eigenvalue weighted by Crippen LogP contribution is 2.21. The SMILES string of the molecule is Cc1ccc(C(=O)CCC(=O)N2CCC(C(=O)Nc3ccc(Br)cn3)CC2)cc1C. The number of carbonyl (C=O) groups is 3. The number of aromatic nitrogens is 1. The summed E-state index contributed by atoms with van der Waals surface area (Å²) in [5.74, 6) is 0.272. The van der Waals surface area contributed by atoms with Gasteiger partial charge in [-0.15, -0.1) is 0 Å². The first-order chi connectivity index (χ1) is 14.3. The Kier molecular flexibility index (Phi) is 7.37. The molecule has 1 aromatic heterocycles. The lowest BCUT2D eigenvalue weighted by Crippen LogP contribution is -2.41. The van der Waals surface area contributed by atoms with Crippen molar-refractivity contribution in [3.05, 3.63) is 57.7 Å². The molecule has 30 heavy (non-hydrogen) atoms. The fourth-order valence-electron chi connectivity index (χ4n) is 3.51. The Hall–Kier alpha value is -2.54. The molecule has 0 aliphatic carbocycles. The number of amides is 2. The monoisotopic (exact) mass is 471 g/mol. The summed E-state index contributed by atoms with van der Waals surface area (Å²) in [5.41, 5.74) is 2.87. The number of rotatable bonds is 6. The molecule has 2 amide bonds. The first kappa shape index (κ1) is 22.2. The molecular weight excluding hydrogens is 446 g/mol. The molecule has 3 rings (SSSR count). The third kappa shape index (κ3) is 5.75. The van der Waals surface area contributed by atoms with Crippen LogP contribution in [-0.4, -0.2) is 40.6 Å². The molecule has 1 saturated heterocycles. The summed E-state index contributed by atoms with van der Waals surface area (Å²) < 4.78 is 0.850. The summed E-state index contributed by atoms with van der Waals surface area (Å²) in [6.45, 7) is 5.04. The Balaban J connectivity index is 1.44. The quantitative estimate of drug-likeness (QED) is 0.636. The lowest BCUT2D eigenvalue weighted by Gasteiger charge is -2.31. The van der Waals surface area contributed by atoms with E-state index in [2.05, 4.69) is 26.2 Å². The molecule has 6 nitrogen and oxygen atoms in total. The van der Waals surface area contributed by atoms with Gasteiger partial charge in [-0.05, 0) is 71.9 Å². The van der Waals surface area contributed by atoms with Crippen LogP contribution in [0.2, 0.25) is 0 Å². The Morgan fingerprint density at radius 1 is 1.07 bits per heavy atom. The molecule has 0 radical (unpaired) electrons. The van der Waals surface area contributed by atoms with Crippen molar-refractivity contribution >= 4 is 39.3 Å². The minimum Gasteiger partial charge on any atom is -0.343 e. The second kappa shape index (κ2) is 9.98. The largest absolute Gasteiger partial charge is 0.343 e. The van der Waals surface area contributed by atoms with Gasteiger partial charge < -0.3 is 10.2 Å². The molecule has 0 saturated carbocycles. The van der Waals surface area contributed by atoms with Gasteiger partial charge in [0.15, 0.2) is 5.78 Å². The maximum Gasteiger partial charge on any atom is 0.228 e. The minimum absolute atomic E-state index is 0.0114. The molecule has 0 spiro atoms. The molecule has 1 fully saturated rings. The number of aryl methyl sites for hydroxylation is 2. The van der Waals surface area contributed by atoms with E-state index in [1.54, 1.807) is 17.2 Å². The van der Waals surface area contributed by atoms with E-state index >= 15 is 0 Å². The van der Waals surface area contributed by atoms with Gasteiger partial charge in [0.25, 0.3) is 0 Å². The number of carbonyl (C=O) groups excluding carboxylic acids is 3. The molecule has 7 heteroatoms. The van der Waals surface area contributed by atoms with Crippen molar-refractivity contribution in [2.45, 2.75) is 39.5 Å². The van der Waals surface area contributed by atoms with Crippen LogP contribution in [0.1, 0.15) is 47.2 Å². The van der Waals surface area contributed by atoms with Gasteiger partial charge in [0.1, 0.15) is 5.82 Å². The predicted octanol–water partition coefficient (Wildman–Crippen LogP) is 4.30. The van der Waals surface area contributed by atoms with Crippen LogP contribution in [0.15, 0.2) is 41.0 Å². The van der Waals surface area contributed by atoms with E-state index in [-0.39, 0.29) is 36.4 Å². The van der Waals surface area contributed by atoms with Gasteiger partial charge in [0.05, 0.1) is 0 Å². The number of nitrogens with one attached hydrogen (secondary N) is 1. The molecule has 158 valence electrons. The maximum atomic E-state index is 12.5. The second-order valence-corrected chi connectivity index (χ2v) is 8.64. The van der Waals surface area contributed by atoms with Crippen molar-refractivity contribution in [3.8, 4) is 0 Å². The van der Waals surface area contributed by atoms with Gasteiger partial charge >= 0.3 is 0 Å². The van der Waals surface area contributed by atoms with Crippen molar-refractivity contribution in [2.24, 2.45) is 5.92 Å². The predicted molar refractivity (Wildman–Crippen MR) is 119 cm³/mol. The number of likely N-dealkylation sites (tertiary alicyclic amines) is 1. The van der Waals surface area contributed by atoms with Crippen molar-refractivity contribution in [2.75, 3.05) is 18.4 Å². The van der Waals surface area contributed by atoms with Crippen LogP contribution in [0.4, 0.5) is 5.82 Å². The molecule has 0 atom stereocenters. The number of pyridine rings is 1. The summed E-state index contributed by atoms with van der Waals surface area (Å²) in [5, 5.41) is 2.83. The number of hydrogen-bond acceptors (Lipinski definition) is 4. The number of nitrogens with zero attached hydrogens (tertiary/aromatic N) is 2. The number of anilines is 1. The third-order valence-electron chi connectivity index (χ3n) is 5.59. The summed E-state index contributed by atoms with van der Waals surface area (Å²) in [7, 11) is 0. The summed E-state index contributed by atoms with van der Waals surface area (Å²) in [6.07, 6.45) is 3.26. The molecule has 2 heterocycles. The smallest absolute Gasteiger partial charge is 0.228 e. The lowest BCUT2D eigenvalue weighted by molar-refractivity contribution is -0.134. The van der Waals surface area contributed by atoms with Crippen molar-refractivity contribution < 1.29 is 14.4 Å². The highest BCUT2D eigenvalue weighted by Gasteiger charge is 2.27. The molecule has 0 unspecified atom stereocenters. The third-order valence-corrected chi connectivity index (χ3v) is 6.06. The zero-order valence-electron chi connectivity index (χ0n) is 17.3. The van der Waals surface area contributed by atoms with Gasteiger partial charge in [0, 0.05) is 48.1 Å². The Bertz CT molecular complexity index is 935. The molecule has 0 bridgehead atoms. The number of piperidine rings is 1. The van der Waals surface area contributed by atoms with Crippen molar-refractivity contribution in [1.29, 1.82) is 0 Å². The minimum atomic E-state index is -0.142. The number of hydrogen-bond donors (Lipinski definition) is 1. The van der Waals surface area contributed by atoms with E-state index in [4.69, 9.17) is 0 Å². The van der Waals surface area contributed by atoms with E-state index < -0.39 is 0 Å². The Labute approximate surface area is 185 Å². The van der Waals surface area contributed by atoms with Gasteiger partial charge in [-0.25, -0.2) is 4.98 Å². The fraction of sp³-hybridized carbons (Fsp3) is 0.391. The van der Waals surface area contributed by atoms with Gasteiger partial charge in [-0.1, -0.05) is 12.1 Å². The molecule has 2 aromatic rings. The second-order valence-electron chi connectivity index (χ2n) is 7.73. The van der Waals surface area contributed by atoms with Gasteiger partial charge in [-0.3, -0.25) is 14.4 Å². The average molecular weight is 472 g/mol. The van der Waals surface area contributed by atoms with Crippen LogP contribution in [0.25, 0.3) is 0 Å². The van der Waals surface area contributed by atoms with Crippen LogP contribution in [0, 0.1) is 19.8 Å². The molecule has 1 aromatic carbocycles.